The number of anilines is 1. The smallest absolute Gasteiger partial charge is 0.263 e. The first-order valence-corrected chi connectivity index (χ1v) is 8.33. The molecule has 0 radical (unpaired) electrons. The first-order valence-electron chi connectivity index (χ1n) is 6.10. The monoisotopic (exact) mass is 347 g/mol. The van der Waals surface area contributed by atoms with Gasteiger partial charge in [-0.1, -0.05) is 36.2 Å². The third-order valence-electron chi connectivity index (χ3n) is 2.87. The third kappa shape index (κ3) is 3.67. The molecule has 0 amide bonds. The maximum Gasteiger partial charge on any atom is 0.263 e. The Kier molecular flexibility index (Phi) is 4.76. The van der Waals surface area contributed by atoms with Crippen LogP contribution in [0.5, 0.6) is 0 Å². The highest BCUT2D eigenvalue weighted by Gasteiger charge is 2.19. The highest BCUT2D eigenvalue weighted by Crippen LogP contribution is 2.27. The molecule has 2 aromatic carbocycles. The molecule has 0 aliphatic heterocycles. The average molecular weight is 348 g/mol. The fraction of sp³-hybridized carbons (Fsp3) is 0.143. The van der Waals surface area contributed by atoms with E-state index < -0.39 is 15.8 Å². The van der Waals surface area contributed by atoms with Crippen molar-refractivity contribution in [1.82, 2.24) is 0 Å². The van der Waals surface area contributed by atoms with Crippen LogP contribution in [0.4, 0.5) is 10.1 Å². The van der Waals surface area contributed by atoms with Gasteiger partial charge in [-0.25, -0.2) is 12.8 Å². The summed E-state index contributed by atoms with van der Waals surface area (Å²) in [6.45, 7) is 1.81. The second-order valence-electron chi connectivity index (χ2n) is 4.34. The molecule has 21 heavy (non-hydrogen) atoms. The van der Waals surface area contributed by atoms with E-state index in [1.54, 1.807) is 0 Å². The summed E-state index contributed by atoms with van der Waals surface area (Å²) in [5.41, 5.74) is 0.638. The lowest BCUT2D eigenvalue weighted by Crippen LogP contribution is -2.13. The van der Waals surface area contributed by atoms with Crippen LogP contribution in [-0.4, -0.2) is 8.42 Å². The van der Waals surface area contributed by atoms with Gasteiger partial charge in [-0.15, -0.1) is 0 Å². The van der Waals surface area contributed by atoms with Crippen LogP contribution in [0.25, 0.3) is 0 Å². The van der Waals surface area contributed by atoms with E-state index in [0.29, 0.717) is 12.0 Å². The van der Waals surface area contributed by atoms with Gasteiger partial charge in [0.25, 0.3) is 10.0 Å². The molecule has 0 spiro atoms. The Morgan fingerprint density at radius 3 is 2.48 bits per heavy atom. The van der Waals surface area contributed by atoms with E-state index in [0.717, 1.165) is 6.07 Å². The summed E-state index contributed by atoms with van der Waals surface area (Å²) < 4.78 is 40.5. The molecule has 2 aromatic rings. The van der Waals surface area contributed by atoms with Crippen molar-refractivity contribution in [3.8, 4) is 0 Å². The molecule has 112 valence electrons. The van der Waals surface area contributed by atoms with Gasteiger partial charge < -0.3 is 0 Å². The van der Waals surface area contributed by atoms with Crippen LogP contribution in [0.15, 0.2) is 41.3 Å². The lowest BCUT2D eigenvalue weighted by molar-refractivity contribution is 0.601. The second-order valence-corrected chi connectivity index (χ2v) is 6.83. The van der Waals surface area contributed by atoms with Crippen LogP contribution in [-0.2, 0) is 16.4 Å². The average Bonchev–Trinajstić information content (AvgIpc) is 2.41. The van der Waals surface area contributed by atoms with Crippen molar-refractivity contribution in [2.45, 2.75) is 18.2 Å². The van der Waals surface area contributed by atoms with Gasteiger partial charge >= 0.3 is 0 Å². The molecule has 0 saturated heterocycles. The fourth-order valence-corrected chi connectivity index (χ4v) is 3.60. The SMILES string of the molecule is CCc1ccc(NS(=O)(=O)c2cc(Cl)ccc2Cl)cc1F. The molecule has 0 aromatic heterocycles. The fourth-order valence-electron chi connectivity index (χ4n) is 1.79. The molecule has 0 atom stereocenters. The van der Waals surface area contributed by atoms with Gasteiger partial charge in [0.05, 0.1) is 10.7 Å². The lowest BCUT2D eigenvalue weighted by atomic mass is 10.1. The van der Waals surface area contributed by atoms with E-state index in [1.165, 1.54) is 30.3 Å². The maximum absolute atomic E-state index is 13.7. The van der Waals surface area contributed by atoms with Gasteiger partial charge in [0.15, 0.2) is 0 Å². The Morgan fingerprint density at radius 2 is 1.86 bits per heavy atom. The van der Waals surface area contributed by atoms with Gasteiger partial charge in [-0.2, -0.15) is 0 Å². The van der Waals surface area contributed by atoms with Gasteiger partial charge in [-0.05, 0) is 42.3 Å². The summed E-state index contributed by atoms with van der Waals surface area (Å²) in [6.07, 6.45) is 0.527. The predicted octanol–water partition coefficient (Wildman–Crippen LogP) is 4.50. The Labute approximate surface area is 132 Å². The minimum atomic E-state index is -3.94. The quantitative estimate of drug-likeness (QED) is 0.885. The largest absolute Gasteiger partial charge is 0.279 e. The van der Waals surface area contributed by atoms with Crippen LogP contribution in [0.2, 0.25) is 10.0 Å². The Morgan fingerprint density at radius 1 is 1.14 bits per heavy atom. The van der Waals surface area contributed by atoms with Crippen LogP contribution in [0.3, 0.4) is 0 Å². The third-order valence-corrected chi connectivity index (χ3v) is 4.97. The molecule has 7 heteroatoms. The summed E-state index contributed by atoms with van der Waals surface area (Å²) in [5.74, 6) is -0.463. The topological polar surface area (TPSA) is 46.2 Å². The molecular formula is C14H12Cl2FNO2S. The number of halogens is 3. The molecular weight excluding hydrogens is 336 g/mol. The minimum Gasteiger partial charge on any atom is -0.279 e. The molecule has 0 heterocycles. The standard InChI is InChI=1S/C14H12Cl2FNO2S/c1-2-9-3-5-11(8-13(9)17)18-21(19,20)14-7-10(15)4-6-12(14)16/h3-8,18H,2H2,1H3. The summed E-state index contributed by atoms with van der Waals surface area (Å²) in [4.78, 5) is -0.156. The van der Waals surface area contributed by atoms with Crippen LogP contribution in [0, 0.1) is 5.82 Å². The molecule has 0 fully saturated rings. The second kappa shape index (κ2) is 6.22. The number of rotatable bonds is 4. The number of hydrogen-bond acceptors (Lipinski definition) is 2. The summed E-state index contributed by atoms with van der Waals surface area (Å²) in [5, 5.41) is 0.282. The molecule has 1 N–H and O–H groups in total. The van der Waals surface area contributed by atoms with Gasteiger partial charge in [0.2, 0.25) is 0 Å². The number of nitrogens with one attached hydrogen (secondary N) is 1. The van der Waals surface area contributed by atoms with Crippen molar-refractivity contribution in [2.75, 3.05) is 4.72 Å². The van der Waals surface area contributed by atoms with Crippen LogP contribution < -0.4 is 4.72 Å². The zero-order valence-corrected chi connectivity index (χ0v) is 13.4. The van der Waals surface area contributed by atoms with Crippen molar-refractivity contribution in [3.05, 3.63) is 57.8 Å². The molecule has 0 unspecified atom stereocenters. The molecule has 2 rings (SSSR count). The minimum absolute atomic E-state index is 0.0394. The normalized spacial score (nSPS) is 11.4. The maximum atomic E-state index is 13.7. The molecule has 0 bridgehead atoms. The Bertz CT molecular complexity index is 779. The highest BCUT2D eigenvalue weighted by atomic mass is 35.5. The lowest BCUT2D eigenvalue weighted by Gasteiger charge is -2.11. The van der Waals surface area contributed by atoms with Crippen molar-refractivity contribution in [2.24, 2.45) is 0 Å². The van der Waals surface area contributed by atoms with E-state index in [-0.39, 0.29) is 20.6 Å². The first kappa shape index (κ1) is 16.1. The summed E-state index contributed by atoms with van der Waals surface area (Å²) >= 11 is 11.7. The van der Waals surface area contributed by atoms with E-state index in [9.17, 15) is 12.8 Å². The van der Waals surface area contributed by atoms with Crippen molar-refractivity contribution in [3.63, 3.8) is 0 Å². The Hall–Kier alpha value is -1.30. The van der Waals surface area contributed by atoms with E-state index in [1.807, 2.05) is 6.92 Å². The van der Waals surface area contributed by atoms with Crippen LogP contribution in [0.1, 0.15) is 12.5 Å². The molecule has 0 saturated carbocycles. The number of hydrogen-bond donors (Lipinski definition) is 1. The zero-order chi connectivity index (χ0) is 15.6. The summed E-state index contributed by atoms with van der Waals surface area (Å²) in [7, 11) is -3.94. The molecule has 0 aliphatic rings. The van der Waals surface area contributed by atoms with E-state index >= 15 is 0 Å². The van der Waals surface area contributed by atoms with E-state index in [4.69, 9.17) is 23.2 Å². The summed E-state index contributed by atoms with van der Waals surface area (Å²) in [6, 6.07) is 8.28. The number of benzene rings is 2. The van der Waals surface area contributed by atoms with Gasteiger partial charge in [-0.3, -0.25) is 4.72 Å². The molecule has 3 nitrogen and oxygen atoms in total. The zero-order valence-electron chi connectivity index (χ0n) is 11.0. The van der Waals surface area contributed by atoms with E-state index in [2.05, 4.69) is 4.72 Å². The molecule has 0 aliphatic carbocycles. The van der Waals surface area contributed by atoms with Gasteiger partial charge in [0.1, 0.15) is 10.7 Å². The van der Waals surface area contributed by atoms with Gasteiger partial charge in [0, 0.05) is 5.02 Å². The van der Waals surface area contributed by atoms with Crippen LogP contribution >= 0.6 is 23.2 Å². The Balaban J connectivity index is 2.37. The van der Waals surface area contributed by atoms with Crippen molar-refractivity contribution in [1.29, 1.82) is 0 Å². The highest BCUT2D eigenvalue weighted by molar-refractivity contribution is 7.92. The van der Waals surface area contributed by atoms with Crippen molar-refractivity contribution < 1.29 is 12.8 Å². The number of sulfonamides is 1. The predicted molar refractivity (Wildman–Crippen MR) is 83.0 cm³/mol. The number of aryl methyl sites for hydroxylation is 1. The first-order chi connectivity index (χ1) is 9.83. The van der Waals surface area contributed by atoms with Crippen molar-refractivity contribution >= 4 is 38.9 Å².